The Morgan fingerprint density at radius 2 is 2.00 bits per heavy atom. The third kappa shape index (κ3) is 3.43. The number of nitrogens with zero attached hydrogens (tertiary/aromatic N) is 2. The molecule has 2 fully saturated rings. The van der Waals surface area contributed by atoms with Gasteiger partial charge in [0.05, 0.1) is 5.88 Å². The number of likely N-dealkylation sites (tertiary alicyclic amines) is 1. The van der Waals surface area contributed by atoms with E-state index in [-0.39, 0.29) is 17.9 Å². The SMILES string of the molecule is O=C(C1CCCCN1C(=O)CC1CCc2ccccc21)N1CCSC1. The molecule has 0 aromatic heterocycles. The van der Waals surface area contributed by atoms with Crippen LogP contribution in [0.25, 0.3) is 0 Å². The molecule has 1 aromatic rings. The smallest absolute Gasteiger partial charge is 0.246 e. The highest BCUT2D eigenvalue weighted by Gasteiger charge is 2.36. The lowest BCUT2D eigenvalue weighted by atomic mass is 9.95. The molecule has 2 saturated heterocycles. The molecule has 0 saturated carbocycles. The minimum Gasteiger partial charge on any atom is -0.331 e. The second-order valence-corrected chi connectivity index (χ2v) is 8.45. The largest absolute Gasteiger partial charge is 0.331 e. The van der Waals surface area contributed by atoms with Crippen molar-refractivity contribution in [2.45, 2.75) is 50.5 Å². The highest BCUT2D eigenvalue weighted by molar-refractivity contribution is 7.99. The van der Waals surface area contributed by atoms with Gasteiger partial charge in [0.15, 0.2) is 0 Å². The van der Waals surface area contributed by atoms with Gasteiger partial charge in [-0.2, -0.15) is 0 Å². The van der Waals surface area contributed by atoms with Crippen LogP contribution in [0.2, 0.25) is 0 Å². The van der Waals surface area contributed by atoms with Crippen molar-refractivity contribution >= 4 is 23.6 Å². The molecule has 2 atom stereocenters. The molecule has 2 heterocycles. The van der Waals surface area contributed by atoms with Gasteiger partial charge in [0.2, 0.25) is 11.8 Å². The average Bonchev–Trinajstić information content (AvgIpc) is 3.32. The van der Waals surface area contributed by atoms with E-state index in [2.05, 4.69) is 24.3 Å². The van der Waals surface area contributed by atoms with Crippen molar-refractivity contribution < 1.29 is 9.59 Å². The van der Waals surface area contributed by atoms with Crippen LogP contribution in [0.15, 0.2) is 24.3 Å². The van der Waals surface area contributed by atoms with Crippen molar-refractivity contribution in [3.63, 3.8) is 0 Å². The summed E-state index contributed by atoms with van der Waals surface area (Å²) in [4.78, 5) is 29.7. The van der Waals surface area contributed by atoms with Crippen molar-refractivity contribution in [2.75, 3.05) is 24.7 Å². The number of thioether (sulfide) groups is 1. The van der Waals surface area contributed by atoms with E-state index in [1.54, 1.807) is 11.8 Å². The Balaban J connectivity index is 1.45. The fourth-order valence-electron chi connectivity index (χ4n) is 4.47. The number of aryl methyl sites for hydroxylation is 1. The number of fused-ring (bicyclic) bond motifs is 1. The van der Waals surface area contributed by atoms with Gasteiger partial charge in [-0.3, -0.25) is 9.59 Å². The summed E-state index contributed by atoms with van der Waals surface area (Å²) in [6.45, 7) is 1.57. The summed E-state index contributed by atoms with van der Waals surface area (Å²) >= 11 is 1.80. The van der Waals surface area contributed by atoms with Crippen LogP contribution in [0.1, 0.15) is 49.1 Å². The lowest BCUT2D eigenvalue weighted by molar-refractivity contribution is -0.147. The number of hydrogen-bond donors (Lipinski definition) is 0. The first-order valence-electron chi connectivity index (χ1n) is 9.48. The van der Waals surface area contributed by atoms with Crippen LogP contribution in [0.5, 0.6) is 0 Å². The molecule has 0 bridgehead atoms. The zero-order chi connectivity index (χ0) is 17.2. The molecule has 5 heteroatoms. The van der Waals surface area contributed by atoms with Crippen LogP contribution in [-0.2, 0) is 16.0 Å². The normalized spacial score (nSPS) is 25.9. The van der Waals surface area contributed by atoms with Crippen molar-refractivity contribution in [1.29, 1.82) is 0 Å². The molecule has 2 amide bonds. The first-order valence-corrected chi connectivity index (χ1v) is 10.6. The Labute approximate surface area is 153 Å². The molecule has 0 N–H and O–H groups in total. The summed E-state index contributed by atoms with van der Waals surface area (Å²) in [7, 11) is 0. The fraction of sp³-hybridized carbons (Fsp3) is 0.600. The summed E-state index contributed by atoms with van der Waals surface area (Å²) in [5.74, 6) is 2.47. The van der Waals surface area contributed by atoms with E-state index in [9.17, 15) is 9.59 Å². The van der Waals surface area contributed by atoms with Crippen LogP contribution in [0, 0.1) is 0 Å². The van der Waals surface area contributed by atoms with Gasteiger partial charge in [-0.1, -0.05) is 24.3 Å². The summed E-state index contributed by atoms with van der Waals surface area (Å²) < 4.78 is 0. The van der Waals surface area contributed by atoms with Gasteiger partial charge in [-0.15, -0.1) is 11.8 Å². The summed E-state index contributed by atoms with van der Waals surface area (Å²) in [5, 5.41) is 0. The molecule has 3 aliphatic rings. The third-order valence-electron chi connectivity index (χ3n) is 5.85. The predicted molar refractivity (Wildman–Crippen MR) is 101 cm³/mol. The molecule has 4 nitrogen and oxygen atoms in total. The van der Waals surface area contributed by atoms with E-state index in [1.807, 2.05) is 9.80 Å². The quantitative estimate of drug-likeness (QED) is 0.834. The lowest BCUT2D eigenvalue weighted by Crippen LogP contribution is -2.52. The van der Waals surface area contributed by atoms with E-state index < -0.39 is 0 Å². The van der Waals surface area contributed by atoms with Crippen molar-refractivity contribution in [3.8, 4) is 0 Å². The Bertz CT molecular complexity index is 657. The van der Waals surface area contributed by atoms with E-state index in [0.717, 1.165) is 56.8 Å². The van der Waals surface area contributed by atoms with Gasteiger partial charge in [-0.05, 0) is 49.1 Å². The number of carbonyl (C=O) groups excluding carboxylic acids is 2. The highest BCUT2D eigenvalue weighted by Crippen LogP contribution is 2.36. The van der Waals surface area contributed by atoms with E-state index >= 15 is 0 Å². The number of amides is 2. The molecular weight excluding hydrogens is 332 g/mol. The highest BCUT2D eigenvalue weighted by atomic mass is 32.2. The van der Waals surface area contributed by atoms with Crippen LogP contribution in [0.4, 0.5) is 0 Å². The molecule has 4 rings (SSSR count). The number of carbonyl (C=O) groups is 2. The third-order valence-corrected chi connectivity index (χ3v) is 6.82. The maximum absolute atomic E-state index is 13.0. The van der Waals surface area contributed by atoms with Crippen molar-refractivity contribution in [3.05, 3.63) is 35.4 Å². The maximum Gasteiger partial charge on any atom is 0.246 e. The molecule has 2 unspecified atom stereocenters. The van der Waals surface area contributed by atoms with Crippen LogP contribution in [0.3, 0.4) is 0 Å². The van der Waals surface area contributed by atoms with Crippen molar-refractivity contribution in [2.24, 2.45) is 0 Å². The first kappa shape index (κ1) is 17.0. The molecule has 134 valence electrons. The van der Waals surface area contributed by atoms with E-state index in [0.29, 0.717) is 12.3 Å². The monoisotopic (exact) mass is 358 g/mol. The summed E-state index contributed by atoms with van der Waals surface area (Å²) in [6.07, 6.45) is 5.57. The van der Waals surface area contributed by atoms with Gasteiger partial charge in [0, 0.05) is 25.3 Å². The summed E-state index contributed by atoms with van der Waals surface area (Å²) in [5.41, 5.74) is 2.73. The molecule has 1 aromatic carbocycles. The van der Waals surface area contributed by atoms with E-state index in [4.69, 9.17) is 0 Å². The number of rotatable bonds is 3. The minimum atomic E-state index is -0.225. The molecule has 25 heavy (non-hydrogen) atoms. The van der Waals surface area contributed by atoms with Gasteiger partial charge in [-0.25, -0.2) is 0 Å². The molecule has 0 spiro atoms. The Morgan fingerprint density at radius 3 is 2.84 bits per heavy atom. The van der Waals surface area contributed by atoms with Gasteiger partial charge in [0.25, 0.3) is 0 Å². The fourth-order valence-corrected chi connectivity index (χ4v) is 5.43. The minimum absolute atomic E-state index is 0.171. The number of piperidine rings is 1. The van der Waals surface area contributed by atoms with Crippen molar-refractivity contribution in [1.82, 2.24) is 9.80 Å². The standard InChI is InChI=1S/C20H26N2O2S/c23-19(13-16-9-8-15-5-1-2-6-17(15)16)22-10-4-3-7-18(22)20(24)21-11-12-25-14-21/h1-2,5-6,16,18H,3-4,7-14H2. The first-order chi connectivity index (χ1) is 12.2. The van der Waals surface area contributed by atoms with Gasteiger partial charge >= 0.3 is 0 Å². The second-order valence-electron chi connectivity index (χ2n) is 7.38. The maximum atomic E-state index is 13.0. The topological polar surface area (TPSA) is 40.6 Å². The lowest BCUT2D eigenvalue weighted by Gasteiger charge is -2.37. The van der Waals surface area contributed by atoms with E-state index in [1.165, 1.54) is 11.1 Å². The van der Waals surface area contributed by atoms with Crippen LogP contribution >= 0.6 is 11.8 Å². The zero-order valence-corrected chi connectivity index (χ0v) is 15.5. The Morgan fingerprint density at radius 1 is 1.12 bits per heavy atom. The molecule has 0 radical (unpaired) electrons. The van der Waals surface area contributed by atoms with Gasteiger partial charge in [0.1, 0.15) is 6.04 Å². The Kier molecular flexibility index (Phi) is 5.02. The Hall–Kier alpha value is -1.49. The average molecular weight is 359 g/mol. The van der Waals surface area contributed by atoms with Gasteiger partial charge < -0.3 is 9.80 Å². The van der Waals surface area contributed by atoms with Crippen LogP contribution in [-0.4, -0.2) is 52.4 Å². The van der Waals surface area contributed by atoms with Crippen LogP contribution < -0.4 is 0 Å². The molecular formula is C20H26N2O2S. The second kappa shape index (κ2) is 7.40. The number of hydrogen-bond acceptors (Lipinski definition) is 3. The zero-order valence-electron chi connectivity index (χ0n) is 14.7. The summed E-state index contributed by atoms with van der Waals surface area (Å²) in [6, 6.07) is 8.27. The predicted octanol–water partition coefficient (Wildman–Crippen LogP) is 3.02. The number of benzene rings is 1. The molecule has 1 aliphatic carbocycles. The molecule has 2 aliphatic heterocycles.